The maximum atomic E-state index is 3.54. The molecule has 0 saturated carbocycles. The van der Waals surface area contributed by atoms with E-state index in [9.17, 15) is 0 Å². The van der Waals surface area contributed by atoms with E-state index in [1.165, 1.54) is 22.3 Å². The minimum absolute atomic E-state index is 0.949. The molecule has 78 valence electrons. The molecule has 2 heteroatoms. The molecule has 0 radical (unpaired) electrons. The predicted octanol–water partition coefficient (Wildman–Crippen LogP) is 4.60. The summed E-state index contributed by atoms with van der Waals surface area (Å²) in [6, 6.07) is 4.67. The molecule has 14 heavy (non-hydrogen) atoms. The number of hydrogen-bond acceptors (Lipinski definition) is 0. The molecule has 0 spiro atoms. The summed E-state index contributed by atoms with van der Waals surface area (Å²) in [7, 11) is 0. The van der Waals surface area contributed by atoms with Crippen molar-refractivity contribution in [2.45, 2.75) is 37.3 Å². The van der Waals surface area contributed by atoms with Gasteiger partial charge in [0.1, 0.15) is 0 Å². The molecule has 0 N–H and O–H groups in total. The molecule has 0 amide bonds. The van der Waals surface area contributed by atoms with Crippen molar-refractivity contribution in [1.29, 1.82) is 0 Å². The van der Waals surface area contributed by atoms with Crippen molar-refractivity contribution in [3.8, 4) is 0 Å². The van der Waals surface area contributed by atoms with Crippen LogP contribution >= 0.6 is 31.9 Å². The van der Waals surface area contributed by atoms with Gasteiger partial charge in [0.15, 0.2) is 0 Å². The van der Waals surface area contributed by atoms with Gasteiger partial charge in [0.25, 0.3) is 0 Å². The molecule has 0 aliphatic heterocycles. The SMILES string of the molecule is CCc1cc(CBr)c(CBr)cc1CC. The van der Waals surface area contributed by atoms with Crippen molar-refractivity contribution >= 4 is 31.9 Å². The molecular formula is C12H16Br2. The van der Waals surface area contributed by atoms with Gasteiger partial charge < -0.3 is 0 Å². The first kappa shape index (κ1) is 12.3. The molecule has 0 heterocycles. The quantitative estimate of drug-likeness (QED) is 0.711. The minimum Gasteiger partial charge on any atom is -0.0876 e. The van der Waals surface area contributed by atoms with E-state index in [1.807, 2.05) is 0 Å². The van der Waals surface area contributed by atoms with Gasteiger partial charge in [0.05, 0.1) is 0 Å². The van der Waals surface area contributed by atoms with Gasteiger partial charge in [0, 0.05) is 10.7 Å². The Morgan fingerprint density at radius 2 is 1.14 bits per heavy atom. The summed E-state index contributed by atoms with van der Waals surface area (Å²) < 4.78 is 0. The number of rotatable bonds is 4. The van der Waals surface area contributed by atoms with Crippen LogP contribution in [0.2, 0.25) is 0 Å². The number of alkyl halides is 2. The lowest BCUT2D eigenvalue weighted by Crippen LogP contribution is -1.97. The van der Waals surface area contributed by atoms with E-state index in [1.54, 1.807) is 0 Å². The van der Waals surface area contributed by atoms with Gasteiger partial charge in [-0.25, -0.2) is 0 Å². The van der Waals surface area contributed by atoms with E-state index >= 15 is 0 Å². The lowest BCUT2D eigenvalue weighted by molar-refractivity contribution is 1.02. The summed E-state index contributed by atoms with van der Waals surface area (Å²) in [5.41, 5.74) is 5.81. The van der Waals surface area contributed by atoms with Crippen molar-refractivity contribution in [1.82, 2.24) is 0 Å². The van der Waals surface area contributed by atoms with Crippen LogP contribution in [0, 0.1) is 0 Å². The first-order chi connectivity index (χ1) is 6.76. The van der Waals surface area contributed by atoms with Gasteiger partial charge in [-0.1, -0.05) is 57.8 Å². The highest BCUT2D eigenvalue weighted by Crippen LogP contribution is 2.22. The fourth-order valence-electron chi connectivity index (χ4n) is 1.70. The molecule has 0 unspecified atom stereocenters. The van der Waals surface area contributed by atoms with Crippen LogP contribution in [0.25, 0.3) is 0 Å². The second-order valence-corrected chi connectivity index (χ2v) is 4.49. The standard InChI is InChI=1S/C12H16Br2/c1-3-9-5-11(7-13)12(8-14)6-10(9)4-2/h5-6H,3-4,7-8H2,1-2H3. The van der Waals surface area contributed by atoms with Gasteiger partial charge in [-0.3, -0.25) is 0 Å². The fourth-order valence-corrected chi connectivity index (χ4v) is 2.74. The van der Waals surface area contributed by atoms with Gasteiger partial charge >= 0.3 is 0 Å². The molecule has 0 saturated heterocycles. The topological polar surface area (TPSA) is 0 Å². The van der Waals surface area contributed by atoms with Gasteiger partial charge in [0.2, 0.25) is 0 Å². The molecule has 0 fully saturated rings. The third-order valence-electron chi connectivity index (χ3n) is 2.57. The Balaban J connectivity index is 3.20. The molecule has 0 bridgehead atoms. The average Bonchev–Trinajstić information content (AvgIpc) is 2.26. The van der Waals surface area contributed by atoms with E-state index in [0.717, 1.165) is 23.5 Å². The van der Waals surface area contributed by atoms with Crippen LogP contribution in [0.4, 0.5) is 0 Å². The zero-order valence-electron chi connectivity index (χ0n) is 8.74. The molecule has 0 nitrogen and oxygen atoms in total. The Kier molecular flexibility index (Phi) is 5.18. The fraction of sp³-hybridized carbons (Fsp3) is 0.500. The summed E-state index contributed by atoms with van der Waals surface area (Å²) in [5.74, 6) is 0. The van der Waals surface area contributed by atoms with Gasteiger partial charge in [-0.2, -0.15) is 0 Å². The van der Waals surface area contributed by atoms with Crippen molar-refractivity contribution in [2.24, 2.45) is 0 Å². The molecule has 1 aromatic carbocycles. The Morgan fingerprint density at radius 1 is 0.786 bits per heavy atom. The summed E-state index contributed by atoms with van der Waals surface area (Å²) in [4.78, 5) is 0. The largest absolute Gasteiger partial charge is 0.0876 e. The summed E-state index contributed by atoms with van der Waals surface area (Å²) in [6.45, 7) is 4.45. The van der Waals surface area contributed by atoms with Crippen molar-refractivity contribution in [3.63, 3.8) is 0 Å². The summed E-state index contributed by atoms with van der Waals surface area (Å²) in [6.07, 6.45) is 2.26. The highest BCUT2D eigenvalue weighted by Gasteiger charge is 2.06. The first-order valence-corrected chi connectivity index (χ1v) is 7.26. The molecule has 0 aromatic heterocycles. The number of aryl methyl sites for hydroxylation is 2. The predicted molar refractivity (Wildman–Crippen MR) is 70.5 cm³/mol. The molecule has 1 aromatic rings. The lowest BCUT2D eigenvalue weighted by atomic mass is 9.97. The molecule has 1 rings (SSSR count). The van der Waals surface area contributed by atoms with Crippen molar-refractivity contribution in [2.75, 3.05) is 0 Å². The number of halogens is 2. The van der Waals surface area contributed by atoms with Crippen LogP contribution in [0.1, 0.15) is 36.1 Å². The zero-order chi connectivity index (χ0) is 10.6. The Bertz CT molecular complexity index is 247. The third-order valence-corrected chi connectivity index (χ3v) is 3.78. The van der Waals surface area contributed by atoms with E-state index in [4.69, 9.17) is 0 Å². The Morgan fingerprint density at radius 3 is 1.36 bits per heavy atom. The molecule has 0 atom stereocenters. The summed E-state index contributed by atoms with van der Waals surface area (Å²) >= 11 is 7.08. The van der Waals surface area contributed by atoms with Crippen molar-refractivity contribution in [3.05, 3.63) is 34.4 Å². The Hall–Kier alpha value is 0.180. The number of hydrogen-bond donors (Lipinski definition) is 0. The third kappa shape index (κ3) is 2.60. The van der Waals surface area contributed by atoms with Gasteiger partial charge in [-0.05, 0) is 35.1 Å². The first-order valence-electron chi connectivity index (χ1n) is 5.02. The van der Waals surface area contributed by atoms with Gasteiger partial charge in [-0.15, -0.1) is 0 Å². The van der Waals surface area contributed by atoms with E-state index in [2.05, 4.69) is 57.8 Å². The van der Waals surface area contributed by atoms with E-state index in [0.29, 0.717) is 0 Å². The highest BCUT2D eigenvalue weighted by molar-refractivity contribution is 9.09. The maximum Gasteiger partial charge on any atom is 0.0286 e. The molecular weight excluding hydrogens is 304 g/mol. The van der Waals surface area contributed by atoms with Crippen LogP contribution in [-0.4, -0.2) is 0 Å². The van der Waals surface area contributed by atoms with E-state index in [-0.39, 0.29) is 0 Å². The smallest absolute Gasteiger partial charge is 0.0286 e. The average molecular weight is 320 g/mol. The van der Waals surface area contributed by atoms with Crippen LogP contribution in [0.15, 0.2) is 12.1 Å². The molecule has 0 aliphatic rings. The highest BCUT2D eigenvalue weighted by atomic mass is 79.9. The van der Waals surface area contributed by atoms with Crippen molar-refractivity contribution < 1.29 is 0 Å². The lowest BCUT2D eigenvalue weighted by Gasteiger charge is -2.12. The normalized spacial score (nSPS) is 10.6. The van der Waals surface area contributed by atoms with Crippen LogP contribution in [0.3, 0.4) is 0 Å². The molecule has 0 aliphatic carbocycles. The van der Waals surface area contributed by atoms with E-state index < -0.39 is 0 Å². The monoisotopic (exact) mass is 318 g/mol. The van der Waals surface area contributed by atoms with Crippen LogP contribution in [-0.2, 0) is 23.5 Å². The maximum absolute atomic E-state index is 3.54. The summed E-state index contributed by atoms with van der Waals surface area (Å²) in [5, 5.41) is 1.90. The second kappa shape index (κ2) is 5.92. The number of benzene rings is 1. The zero-order valence-corrected chi connectivity index (χ0v) is 11.9. The second-order valence-electron chi connectivity index (χ2n) is 3.36. The van der Waals surface area contributed by atoms with Crippen LogP contribution < -0.4 is 0 Å². The van der Waals surface area contributed by atoms with Crippen LogP contribution in [0.5, 0.6) is 0 Å². The minimum atomic E-state index is 0.949. The Labute approximate surface area is 103 Å².